The molecule has 1 atom stereocenters. The molecule has 0 aliphatic carbocycles. The average Bonchev–Trinajstić information content (AvgIpc) is 2.05. The Kier molecular flexibility index (Phi) is 2.67. The minimum atomic E-state index is -0.804. The van der Waals surface area contributed by atoms with Crippen LogP contribution in [0.15, 0.2) is 24.3 Å². The largest absolute Gasteiger partial charge is 0.508 e. The van der Waals surface area contributed by atoms with E-state index in [4.69, 9.17) is 10.4 Å². The van der Waals surface area contributed by atoms with Crippen molar-refractivity contribution >= 4 is 0 Å². The van der Waals surface area contributed by atoms with Crippen LogP contribution in [0, 0.1) is 11.3 Å². The zero-order valence-electron chi connectivity index (χ0n) is 6.44. The second-order valence-electron chi connectivity index (χ2n) is 2.47. The van der Waals surface area contributed by atoms with E-state index in [1.165, 1.54) is 12.1 Å². The van der Waals surface area contributed by atoms with Crippen LogP contribution in [0.5, 0.6) is 5.75 Å². The molecule has 0 aliphatic rings. The fraction of sp³-hybridized carbons (Fsp3) is 0.222. The summed E-state index contributed by atoms with van der Waals surface area (Å²) in [6.45, 7) is 0. The predicted octanol–water partition coefficient (Wildman–Crippen LogP) is 1.34. The van der Waals surface area contributed by atoms with Crippen molar-refractivity contribution in [1.82, 2.24) is 0 Å². The molecule has 1 unspecified atom stereocenters. The van der Waals surface area contributed by atoms with Gasteiger partial charge < -0.3 is 10.2 Å². The molecule has 0 aliphatic heterocycles. The molecule has 0 aromatic heterocycles. The van der Waals surface area contributed by atoms with Crippen molar-refractivity contribution in [1.29, 1.82) is 5.26 Å². The lowest BCUT2D eigenvalue weighted by Gasteiger charge is -2.05. The lowest BCUT2D eigenvalue weighted by atomic mass is 10.1. The van der Waals surface area contributed by atoms with Gasteiger partial charge in [0.25, 0.3) is 0 Å². The van der Waals surface area contributed by atoms with Crippen LogP contribution < -0.4 is 0 Å². The molecular weight excluding hydrogens is 154 g/mol. The van der Waals surface area contributed by atoms with E-state index in [0.717, 1.165) is 0 Å². The van der Waals surface area contributed by atoms with Crippen molar-refractivity contribution < 1.29 is 10.2 Å². The van der Waals surface area contributed by atoms with Gasteiger partial charge in [-0.25, -0.2) is 0 Å². The van der Waals surface area contributed by atoms with Gasteiger partial charge in [0.15, 0.2) is 0 Å². The van der Waals surface area contributed by atoms with E-state index in [2.05, 4.69) is 0 Å². The highest BCUT2D eigenvalue weighted by Crippen LogP contribution is 2.19. The molecular formula is C9H9NO2. The summed E-state index contributed by atoms with van der Waals surface area (Å²) < 4.78 is 0. The summed E-state index contributed by atoms with van der Waals surface area (Å²) in [5.74, 6) is 0.101. The Labute approximate surface area is 70.5 Å². The predicted molar refractivity (Wildman–Crippen MR) is 43.3 cm³/mol. The topological polar surface area (TPSA) is 64.2 Å². The fourth-order valence-electron chi connectivity index (χ4n) is 0.936. The highest BCUT2D eigenvalue weighted by molar-refractivity contribution is 5.28. The average molecular weight is 163 g/mol. The van der Waals surface area contributed by atoms with Crippen molar-refractivity contribution in [3.8, 4) is 11.8 Å². The molecule has 3 nitrogen and oxygen atoms in total. The standard InChI is InChI=1S/C9H9NO2/c10-5-4-9(12)7-2-1-3-8(11)6-7/h1-3,6,9,11-12H,4H2. The molecule has 0 amide bonds. The van der Waals surface area contributed by atoms with Gasteiger partial charge in [-0.3, -0.25) is 0 Å². The summed E-state index contributed by atoms with van der Waals surface area (Å²) in [4.78, 5) is 0. The number of hydrogen-bond donors (Lipinski definition) is 2. The van der Waals surface area contributed by atoms with Gasteiger partial charge in [0, 0.05) is 0 Å². The molecule has 0 bridgehead atoms. The molecule has 3 heteroatoms. The first-order valence-electron chi connectivity index (χ1n) is 3.58. The van der Waals surface area contributed by atoms with Crippen LogP contribution in [0.2, 0.25) is 0 Å². The van der Waals surface area contributed by atoms with E-state index in [9.17, 15) is 5.11 Å². The maximum absolute atomic E-state index is 9.31. The normalized spacial score (nSPS) is 12.0. The van der Waals surface area contributed by atoms with Crippen LogP contribution in [0.25, 0.3) is 0 Å². The van der Waals surface area contributed by atoms with E-state index in [0.29, 0.717) is 5.56 Å². The number of phenolic OH excluding ortho intramolecular Hbond substituents is 1. The number of nitrogens with zero attached hydrogens (tertiary/aromatic N) is 1. The molecule has 1 rings (SSSR count). The summed E-state index contributed by atoms with van der Waals surface area (Å²) in [6, 6.07) is 8.12. The number of hydrogen-bond acceptors (Lipinski definition) is 3. The Morgan fingerprint density at radius 2 is 2.25 bits per heavy atom. The lowest BCUT2D eigenvalue weighted by molar-refractivity contribution is 0.183. The Morgan fingerprint density at radius 1 is 1.50 bits per heavy atom. The minimum absolute atomic E-state index is 0.0451. The lowest BCUT2D eigenvalue weighted by Crippen LogP contribution is -1.94. The van der Waals surface area contributed by atoms with E-state index in [1.807, 2.05) is 6.07 Å². The van der Waals surface area contributed by atoms with Crippen LogP contribution in [-0.4, -0.2) is 10.2 Å². The Morgan fingerprint density at radius 3 is 2.83 bits per heavy atom. The van der Waals surface area contributed by atoms with E-state index >= 15 is 0 Å². The molecule has 2 N–H and O–H groups in total. The number of aliphatic hydroxyl groups excluding tert-OH is 1. The van der Waals surface area contributed by atoms with Gasteiger partial charge in [0.1, 0.15) is 5.75 Å². The van der Waals surface area contributed by atoms with Crippen molar-refractivity contribution in [2.24, 2.45) is 0 Å². The van der Waals surface area contributed by atoms with Crippen LogP contribution >= 0.6 is 0 Å². The second kappa shape index (κ2) is 3.74. The number of aromatic hydroxyl groups is 1. The Bertz CT molecular complexity index is 304. The van der Waals surface area contributed by atoms with Gasteiger partial charge >= 0.3 is 0 Å². The maximum Gasteiger partial charge on any atom is 0.115 e. The van der Waals surface area contributed by atoms with Crippen molar-refractivity contribution in [2.45, 2.75) is 12.5 Å². The molecule has 0 fully saturated rings. The molecule has 0 saturated carbocycles. The number of benzene rings is 1. The summed E-state index contributed by atoms with van der Waals surface area (Å²) in [5.41, 5.74) is 0.566. The summed E-state index contributed by atoms with van der Waals surface area (Å²) in [6.07, 6.45) is -0.759. The van der Waals surface area contributed by atoms with Crippen LogP contribution in [0.4, 0.5) is 0 Å². The van der Waals surface area contributed by atoms with Gasteiger partial charge in [-0.1, -0.05) is 12.1 Å². The number of aliphatic hydroxyl groups is 1. The van der Waals surface area contributed by atoms with E-state index < -0.39 is 6.10 Å². The number of rotatable bonds is 2. The maximum atomic E-state index is 9.31. The first-order chi connectivity index (χ1) is 5.74. The third-order valence-corrected chi connectivity index (χ3v) is 1.54. The van der Waals surface area contributed by atoms with Gasteiger partial charge in [-0.15, -0.1) is 0 Å². The van der Waals surface area contributed by atoms with Crippen LogP contribution in [-0.2, 0) is 0 Å². The van der Waals surface area contributed by atoms with Crippen LogP contribution in [0.3, 0.4) is 0 Å². The molecule has 0 heterocycles. The first kappa shape index (κ1) is 8.57. The Hall–Kier alpha value is -1.53. The number of nitriles is 1. The van der Waals surface area contributed by atoms with Gasteiger partial charge in [0.05, 0.1) is 18.6 Å². The quantitative estimate of drug-likeness (QED) is 0.691. The second-order valence-corrected chi connectivity index (χ2v) is 2.47. The van der Waals surface area contributed by atoms with Gasteiger partial charge in [-0.05, 0) is 17.7 Å². The molecule has 0 saturated heterocycles. The minimum Gasteiger partial charge on any atom is -0.508 e. The van der Waals surface area contributed by atoms with Crippen molar-refractivity contribution in [2.75, 3.05) is 0 Å². The van der Waals surface area contributed by atoms with Crippen molar-refractivity contribution in [3.05, 3.63) is 29.8 Å². The van der Waals surface area contributed by atoms with Gasteiger partial charge in [-0.2, -0.15) is 5.26 Å². The highest BCUT2D eigenvalue weighted by Gasteiger charge is 2.06. The SMILES string of the molecule is N#CCC(O)c1cccc(O)c1. The Balaban J connectivity index is 2.82. The first-order valence-corrected chi connectivity index (χ1v) is 3.58. The fourth-order valence-corrected chi connectivity index (χ4v) is 0.936. The molecule has 12 heavy (non-hydrogen) atoms. The monoisotopic (exact) mass is 163 g/mol. The van der Waals surface area contributed by atoms with Crippen molar-refractivity contribution in [3.63, 3.8) is 0 Å². The summed E-state index contributed by atoms with van der Waals surface area (Å²) in [5, 5.41) is 26.6. The molecule has 1 aromatic carbocycles. The van der Waals surface area contributed by atoms with Crippen LogP contribution in [0.1, 0.15) is 18.1 Å². The molecule has 0 radical (unpaired) electrons. The highest BCUT2D eigenvalue weighted by atomic mass is 16.3. The third-order valence-electron chi connectivity index (χ3n) is 1.54. The molecule has 1 aromatic rings. The smallest absolute Gasteiger partial charge is 0.115 e. The zero-order valence-corrected chi connectivity index (χ0v) is 6.44. The van der Waals surface area contributed by atoms with E-state index in [1.54, 1.807) is 12.1 Å². The zero-order chi connectivity index (χ0) is 8.97. The van der Waals surface area contributed by atoms with Gasteiger partial charge in [0.2, 0.25) is 0 Å². The molecule has 62 valence electrons. The molecule has 0 spiro atoms. The third kappa shape index (κ3) is 1.97. The summed E-state index contributed by atoms with van der Waals surface area (Å²) >= 11 is 0. The van der Waals surface area contributed by atoms with E-state index in [-0.39, 0.29) is 12.2 Å². The number of phenols is 1. The summed E-state index contributed by atoms with van der Waals surface area (Å²) in [7, 11) is 0.